The zero-order chi connectivity index (χ0) is 12.2. The summed E-state index contributed by atoms with van der Waals surface area (Å²) in [5, 5.41) is 3.20. The highest BCUT2D eigenvalue weighted by Gasteiger charge is 2.17. The van der Waals surface area contributed by atoms with Gasteiger partial charge in [0, 0.05) is 11.8 Å². The van der Waals surface area contributed by atoms with Crippen molar-refractivity contribution in [3.8, 4) is 0 Å². The summed E-state index contributed by atoms with van der Waals surface area (Å²) in [7, 11) is -2.93. The molecule has 0 aromatic carbocycles. The molecule has 1 heterocycles. The molecule has 0 saturated carbocycles. The molecule has 0 fully saturated rings. The first kappa shape index (κ1) is 13.3. The molecule has 92 valence electrons. The molecule has 0 bridgehead atoms. The first-order chi connectivity index (χ1) is 7.44. The van der Waals surface area contributed by atoms with Crippen molar-refractivity contribution >= 4 is 9.84 Å². The number of hydrogen-bond acceptors (Lipinski definition) is 4. The molecule has 4 nitrogen and oxygen atoms in total. The number of rotatable bonds is 6. The molecule has 0 spiro atoms. The first-order valence-electron chi connectivity index (χ1n) is 5.44. The molecule has 2 unspecified atom stereocenters. The van der Waals surface area contributed by atoms with E-state index in [1.54, 1.807) is 13.2 Å². The van der Waals surface area contributed by atoms with Gasteiger partial charge in [-0.25, -0.2) is 8.42 Å². The Kier molecular flexibility index (Phi) is 4.56. The summed E-state index contributed by atoms with van der Waals surface area (Å²) in [5.41, 5.74) is 0. The van der Waals surface area contributed by atoms with Crippen LogP contribution in [0.1, 0.15) is 32.6 Å². The number of furan rings is 1. The van der Waals surface area contributed by atoms with Crippen molar-refractivity contribution < 1.29 is 12.8 Å². The Labute approximate surface area is 97.0 Å². The molecule has 0 radical (unpaired) electrons. The molecule has 0 aliphatic carbocycles. The number of hydrogen-bond donors (Lipinski definition) is 1. The maximum Gasteiger partial charge on any atom is 0.151 e. The lowest BCUT2D eigenvalue weighted by Gasteiger charge is -2.18. The molecule has 0 amide bonds. The van der Waals surface area contributed by atoms with E-state index in [1.807, 2.05) is 26.0 Å². The lowest BCUT2D eigenvalue weighted by Crippen LogP contribution is -2.35. The van der Waals surface area contributed by atoms with Gasteiger partial charge in [-0.15, -0.1) is 0 Å². The zero-order valence-corrected chi connectivity index (χ0v) is 10.8. The standard InChI is InChI=1S/C11H19NO3S/c1-4-16(13,14)8-9(2)12-10(3)11-6-5-7-15-11/h5-7,9-10,12H,4,8H2,1-3H3. The average Bonchev–Trinajstić information content (AvgIpc) is 2.69. The second kappa shape index (κ2) is 5.50. The Balaban J connectivity index is 2.49. The average molecular weight is 245 g/mol. The van der Waals surface area contributed by atoms with E-state index in [-0.39, 0.29) is 23.6 Å². The third-order valence-electron chi connectivity index (χ3n) is 2.45. The molecular weight excluding hydrogens is 226 g/mol. The second-order valence-electron chi connectivity index (χ2n) is 4.00. The summed E-state index contributed by atoms with van der Waals surface area (Å²) >= 11 is 0. The Morgan fingerprint density at radius 3 is 2.62 bits per heavy atom. The van der Waals surface area contributed by atoms with Gasteiger partial charge in [0.15, 0.2) is 9.84 Å². The maximum absolute atomic E-state index is 11.4. The fraction of sp³-hybridized carbons (Fsp3) is 0.636. The maximum atomic E-state index is 11.4. The molecule has 0 aliphatic rings. The number of sulfone groups is 1. The molecular formula is C11H19NO3S. The Morgan fingerprint density at radius 1 is 1.44 bits per heavy atom. The van der Waals surface area contributed by atoms with Crippen molar-refractivity contribution in [3.63, 3.8) is 0 Å². The molecule has 1 aromatic heterocycles. The predicted octanol–water partition coefficient (Wildman–Crippen LogP) is 1.75. The molecule has 5 heteroatoms. The van der Waals surface area contributed by atoms with Crippen LogP contribution in [0.25, 0.3) is 0 Å². The summed E-state index contributed by atoms with van der Waals surface area (Å²) < 4.78 is 28.1. The smallest absolute Gasteiger partial charge is 0.151 e. The van der Waals surface area contributed by atoms with E-state index in [9.17, 15) is 8.42 Å². The molecule has 1 aromatic rings. The van der Waals surface area contributed by atoms with Gasteiger partial charge in [-0.3, -0.25) is 0 Å². The quantitative estimate of drug-likeness (QED) is 0.829. The Morgan fingerprint density at radius 2 is 2.12 bits per heavy atom. The van der Waals surface area contributed by atoms with Crippen molar-refractivity contribution in [2.45, 2.75) is 32.9 Å². The van der Waals surface area contributed by atoms with Crippen LogP contribution in [-0.4, -0.2) is 26.0 Å². The third kappa shape index (κ3) is 3.98. The van der Waals surface area contributed by atoms with Crippen LogP contribution >= 0.6 is 0 Å². The monoisotopic (exact) mass is 245 g/mol. The molecule has 16 heavy (non-hydrogen) atoms. The van der Waals surface area contributed by atoms with Crippen molar-refractivity contribution in [2.24, 2.45) is 0 Å². The summed E-state index contributed by atoms with van der Waals surface area (Å²) in [6, 6.07) is 3.64. The van der Waals surface area contributed by atoms with E-state index in [0.717, 1.165) is 5.76 Å². The highest BCUT2D eigenvalue weighted by Crippen LogP contribution is 2.13. The first-order valence-corrected chi connectivity index (χ1v) is 7.26. The van der Waals surface area contributed by atoms with Crippen LogP contribution in [-0.2, 0) is 9.84 Å². The van der Waals surface area contributed by atoms with Gasteiger partial charge in [0.2, 0.25) is 0 Å². The van der Waals surface area contributed by atoms with Gasteiger partial charge in [-0.1, -0.05) is 6.92 Å². The van der Waals surface area contributed by atoms with E-state index in [2.05, 4.69) is 5.32 Å². The van der Waals surface area contributed by atoms with Crippen molar-refractivity contribution in [1.29, 1.82) is 0 Å². The van der Waals surface area contributed by atoms with Crippen LogP contribution in [0.4, 0.5) is 0 Å². The molecule has 1 N–H and O–H groups in total. The van der Waals surface area contributed by atoms with Gasteiger partial charge in [0.1, 0.15) is 5.76 Å². The minimum Gasteiger partial charge on any atom is -0.468 e. The minimum absolute atomic E-state index is 0.0251. The van der Waals surface area contributed by atoms with Gasteiger partial charge in [-0.2, -0.15) is 0 Å². The fourth-order valence-corrected chi connectivity index (χ4v) is 2.69. The van der Waals surface area contributed by atoms with Crippen molar-refractivity contribution in [3.05, 3.63) is 24.2 Å². The lowest BCUT2D eigenvalue weighted by molar-refractivity contribution is 0.408. The second-order valence-corrected chi connectivity index (χ2v) is 6.40. The van der Waals surface area contributed by atoms with Crippen LogP contribution in [0.3, 0.4) is 0 Å². The number of nitrogens with one attached hydrogen (secondary N) is 1. The van der Waals surface area contributed by atoms with Gasteiger partial charge in [0.05, 0.1) is 18.1 Å². The van der Waals surface area contributed by atoms with E-state index < -0.39 is 9.84 Å². The minimum atomic E-state index is -2.93. The Hall–Kier alpha value is -0.810. The van der Waals surface area contributed by atoms with Gasteiger partial charge in [-0.05, 0) is 26.0 Å². The molecule has 2 atom stereocenters. The summed E-state index contributed by atoms with van der Waals surface area (Å²) in [4.78, 5) is 0. The van der Waals surface area contributed by atoms with E-state index in [1.165, 1.54) is 0 Å². The SMILES string of the molecule is CCS(=O)(=O)CC(C)NC(C)c1ccco1. The van der Waals surface area contributed by atoms with Gasteiger partial charge >= 0.3 is 0 Å². The van der Waals surface area contributed by atoms with Crippen LogP contribution in [0.2, 0.25) is 0 Å². The highest BCUT2D eigenvalue weighted by atomic mass is 32.2. The fourth-order valence-electron chi connectivity index (χ4n) is 1.59. The topological polar surface area (TPSA) is 59.3 Å². The van der Waals surface area contributed by atoms with Crippen molar-refractivity contribution in [2.75, 3.05) is 11.5 Å². The summed E-state index contributed by atoms with van der Waals surface area (Å²) in [5.74, 6) is 1.17. The van der Waals surface area contributed by atoms with Crippen LogP contribution < -0.4 is 5.32 Å². The largest absolute Gasteiger partial charge is 0.468 e. The van der Waals surface area contributed by atoms with E-state index >= 15 is 0 Å². The van der Waals surface area contributed by atoms with Crippen molar-refractivity contribution in [1.82, 2.24) is 5.32 Å². The van der Waals surface area contributed by atoms with E-state index in [0.29, 0.717) is 0 Å². The third-order valence-corrected chi connectivity index (χ3v) is 4.34. The normalized spacial score (nSPS) is 15.9. The summed E-state index contributed by atoms with van der Waals surface area (Å²) in [6.07, 6.45) is 1.61. The molecule has 0 saturated heterocycles. The van der Waals surface area contributed by atoms with Crippen LogP contribution in [0.5, 0.6) is 0 Å². The van der Waals surface area contributed by atoms with Crippen LogP contribution in [0, 0.1) is 0 Å². The zero-order valence-electron chi connectivity index (χ0n) is 9.93. The van der Waals surface area contributed by atoms with E-state index in [4.69, 9.17) is 4.42 Å². The van der Waals surface area contributed by atoms with Gasteiger partial charge < -0.3 is 9.73 Å². The van der Waals surface area contributed by atoms with Crippen LogP contribution in [0.15, 0.2) is 22.8 Å². The lowest BCUT2D eigenvalue weighted by atomic mass is 10.2. The molecule has 0 aliphatic heterocycles. The summed E-state index contributed by atoms with van der Waals surface area (Å²) in [6.45, 7) is 5.48. The Bertz CT molecular complexity index is 397. The highest BCUT2D eigenvalue weighted by molar-refractivity contribution is 7.91. The molecule has 1 rings (SSSR count). The predicted molar refractivity (Wildman–Crippen MR) is 64.0 cm³/mol. The van der Waals surface area contributed by atoms with Gasteiger partial charge in [0.25, 0.3) is 0 Å².